The normalized spacial score (nSPS) is 24.3. The number of halogens is 1. The summed E-state index contributed by atoms with van der Waals surface area (Å²) in [6.07, 6.45) is 1.86. The molecule has 1 N–H and O–H groups in total. The molecular weight excluding hydrogens is 233 g/mol. The number of morpholine rings is 1. The number of aromatic nitrogens is 1. The lowest BCUT2D eigenvalue weighted by atomic mass is 10.2. The maximum Gasteiger partial charge on any atom is 0.170 e. The van der Waals surface area contributed by atoms with E-state index >= 15 is 0 Å². The molecule has 1 aliphatic heterocycles. The van der Waals surface area contributed by atoms with Crippen molar-refractivity contribution in [2.75, 3.05) is 25.0 Å². The number of nitrogens with zero attached hydrogens (tertiary/aromatic N) is 2. The van der Waals surface area contributed by atoms with Gasteiger partial charge in [-0.15, -0.1) is 0 Å². The minimum Gasteiger partial charge on any atom is -0.372 e. The molecule has 0 amide bonds. The first kappa shape index (κ1) is 13.2. The Balaban J connectivity index is 2.24. The summed E-state index contributed by atoms with van der Waals surface area (Å²) in [6, 6.07) is 1.71. The first-order valence-corrected chi connectivity index (χ1v) is 6.30. The Labute approximate surface area is 107 Å². The van der Waals surface area contributed by atoms with E-state index in [2.05, 4.69) is 10.3 Å². The molecule has 0 aliphatic carbocycles. The van der Waals surface area contributed by atoms with Crippen LogP contribution in [-0.4, -0.2) is 37.3 Å². The molecule has 0 saturated carbocycles. The van der Waals surface area contributed by atoms with Crippen LogP contribution >= 0.6 is 0 Å². The standard InChI is InChI=1S/C13H20FN3O/c1-9-7-17(8-10(2)18-9)13-12(14)11(6-15-3)4-5-16-13/h4-5,9-10,15H,6-8H2,1-3H3. The van der Waals surface area contributed by atoms with Gasteiger partial charge in [0.2, 0.25) is 0 Å². The molecular formula is C13H20FN3O. The van der Waals surface area contributed by atoms with Crippen LogP contribution in [0.15, 0.2) is 12.3 Å². The summed E-state index contributed by atoms with van der Waals surface area (Å²) in [5.41, 5.74) is 0.647. The number of hydrogen-bond acceptors (Lipinski definition) is 4. The smallest absolute Gasteiger partial charge is 0.170 e. The maximum absolute atomic E-state index is 14.3. The molecule has 1 saturated heterocycles. The number of nitrogens with one attached hydrogen (secondary N) is 1. The summed E-state index contributed by atoms with van der Waals surface area (Å²) in [7, 11) is 1.80. The molecule has 1 aromatic heterocycles. The Kier molecular flexibility index (Phi) is 4.14. The third kappa shape index (κ3) is 2.79. The average molecular weight is 253 g/mol. The van der Waals surface area contributed by atoms with E-state index in [1.54, 1.807) is 19.3 Å². The fraction of sp³-hybridized carbons (Fsp3) is 0.615. The number of hydrogen-bond donors (Lipinski definition) is 1. The van der Waals surface area contributed by atoms with Crippen LogP contribution in [0.25, 0.3) is 0 Å². The van der Waals surface area contributed by atoms with E-state index in [9.17, 15) is 4.39 Å². The zero-order valence-electron chi connectivity index (χ0n) is 11.1. The molecule has 2 rings (SSSR count). The van der Waals surface area contributed by atoms with Gasteiger partial charge in [-0.1, -0.05) is 0 Å². The van der Waals surface area contributed by atoms with E-state index in [0.717, 1.165) is 0 Å². The highest BCUT2D eigenvalue weighted by Gasteiger charge is 2.25. The predicted molar refractivity (Wildman–Crippen MR) is 69.2 cm³/mol. The number of pyridine rings is 1. The predicted octanol–water partition coefficient (Wildman–Crippen LogP) is 1.55. The van der Waals surface area contributed by atoms with Gasteiger partial charge in [0.25, 0.3) is 0 Å². The first-order valence-electron chi connectivity index (χ1n) is 6.30. The SMILES string of the molecule is CNCc1ccnc(N2CC(C)OC(C)C2)c1F. The van der Waals surface area contributed by atoms with E-state index in [-0.39, 0.29) is 18.0 Å². The third-order valence-corrected chi connectivity index (χ3v) is 3.04. The summed E-state index contributed by atoms with van der Waals surface area (Å²) < 4.78 is 20.0. The molecule has 0 aromatic carbocycles. The highest BCUT2D eigenvalue weighted by Crippen LogP contribution is 2.23. The van der Waals surface area contributed by atoms with Gasteiger partial charge in [0.05, 0.1) is 12.2 Å². The van der Waals surface area contributed by atoms with E-state index in [1.807, 2.05) is 18.7 Å². The summed E-state index contributed by atoms with van der Waals surface area (Å²) in [4.78, 5) is 6.15. The summed E-state index contributed by atoms with van der Waals surface area (Å²) >= 11 is 0. The van der Waals surface area contributed by atoms with Crippen LogP contribution in [0, 0.1) is 5.82 Å². The van der Waals surface area contributed by atoms with Gasteiger partial charge in [-0.05, 0) is 27.0 Å². The van der Waals surface area contributed by atoms with Crippen molar-refractivity contribution < 1.29 is 9.13 Å². The highest BCUT2D eigenvalue weighted by atomic mass is 19.1. The van der Waals surface area contributed by atoms with Gasteiger partial charge in [-0.25, -0.2) is 9.37 Å². The summed E-state index contributed by atoms with van der Waals surface area (Å²) in [6.45, 7) is 5.86. The van der Waals surface area contributed by atoms with Crippen LogP contribution in [-0.2, 0) is 11.3 Å². The topological polar surface area (TPSA) is 37.4 Å². The van der Waals surface area contributed by atoms with Gasteiger partial charge in [-0.3, -0.25) is 0 Å². The molecule has 1 aromatic rings. The van der Waals surface area contributed by atoms with Crippen LogP contribution < -0.4 is 10.2 Å². The molecule has 100 valence electrons. The summed E-state index contributed by atoms with van der Waals surface area (Å²) in [5.74, 6) is 0.206. The minimum atomic E-state index is -0.229. The highest BCUT2D eigenvalue weighted by molar-refractivity contribution is 5.43. The molecule has 5 heteroatoms. The molecule has 0 radical (unpaired) electrons. The Morgan fingerprint density at radius 3 is 2.72 bits per heavy atom. The van der Waals surface area contributed by atoms with Crippen LogP contribution in [0.4, 0.5) is 10.2 Å². The van der Waals surface area contributed by atoms with Crippen molar-refractivity contribution in [1.29, 1.82) is 0 Å². The molecule has 2 heterocycles. The van der Waals surface area contributed by atoms with Crippen LogP contribution in [0.1, 0.15) is 19.4 Å². The van der Waals surface area contributed by atoms with Crippen LogP contribution in [0.5, 0.6) is 0 Å². The number of anilines is 1. The van der Waals surface area contributed by atoms with Gasteiger partial charge in [-0.2, -0.15) is 0 Å². The van der Waals surface area contributed by atoms with Crippen LogP contribution in [0.2, 0.25) is 0 Å². The van der Waals surface area contributed by atoms with Crippen molar-refractivity contribution in [3.8, 4) is 0 Å². The largest absolute Gasteiger partial charge is 0.372 e. The van der Waals surface area contributed by atoms with Gasteiger partial charge in [0.1, 0.15) is 0 Å². The second kappa shape index (κ2) is 5.63. The Morgan fingerprint density at radius 1 is 1.44 bits per heavy atom. The molecule has 1 aliphatic rings. The molecule has 2 unspecified atom stereocenters. The minimum absolute atomic E-state index is 0.0999. The molecule has 18 heavy (non-hydrogen) atoms. The van der Waals surface area contributed by atoms with Crippen molar-refractivity contribution in [1.82, 2.24) is 10.3 Å². The second-order valence-electron chi connectivity index (χ2n) is 4.80. The van der Waals surface area contributed by atoms with Gasteiger partial charge >= 0.3 is 0 Å². The molecule has 1 fully saturated rings. The summed E-state index contributed by atoms with van der Waals surface area (Å²) in [5, 5.41) is 2.96. The van der Waals surface area contributed by atoms with Crippen molar-refractivity contribution in [3.63, 3.8) is 0 Å². The Bertz CT molecular complexity index is 403. The lowest BCUT2D eigenvalue weighted by Crippen LogP contribution is -2.46. The van der Waals surface area contributed by atoms with Crippen molar-refractivity contribution >= 4 is 5.82 Å². The molecule has 4 nitrogen and oxygen atoms in total. The molecule has 0 spiro atoms. The van der Waals surface area contributed by atoms with E-state index < -0.39 is 0 Å². The van der Waals surface area contributed by atoms with Crippen molar-refractivity contribution in [3.05, 3.63) is 23.6 Å². The van der Waals surface area contributed by atoms with Gasteiger partial charge < -0.3 is 15.0 Å². The fourth-order valence-corrected chi connectivity index (χ4v) is 2.37. The van der Waals surface area contributed by atoms with E-state index in [1.165, 1.54) is 0 Å². The lowest BCUT2D eigenvalue weighted by Gasteiger charge is -2.36. The van der Waals surface area contributed by atoms with E-state index in [4.69, 9.17) is 4.74 Å². The van der Waals surface area contributed by atoms with E-state index in [0.29, 0.717) is 31.0 Å². The molecule has 2 atom stereocenters. The van der Waals surface area contributed by atoms with Crippen molar-refractivity contribution in [2.24, 2.45) is 0 Å². The quantitative estimate of drug-likeness (QED) is 0.887. The lowest BCUT2D eigenvalue weighted by molar-refractivity contribution is -0.00566. The Hall–Kier alpha value is -1.20. The van der Waals surface area contributed by atoms with Gasteiger partial charge in [0, 0.05) is 31.4 Å². The molecule has 0 bridgehead atoms. The maximum atomic E-state index is 14.3. The third-order valence-electron chi connectivity index (χ3n) is 3.04. The zero-order valence-corrected chi connectivity index (χ0v) is 11.1. The van der Waals surface area contributed by atoms with Crippen molar-refractivity contribution in [2.45, 2.75) is 32.6 Å². The second-order valence-corrected chi connectivity index (χ2v) is 4.80. The number of ether oxygens (including phenoxy) is 1. The number of rotatable bonds is 3. The zero-order chi connectivity index (χ0) is 13.1. The fourth-order valence-electron chi connectivity index (χ4n) is 2.37. The van der Waals surface area contributed by atoms with Crippen LogP contribution in [0.3, 0.4) is 0 Å². The Morgan fingerprint density at radius 2 is 2.11 bits per heavy atom. The first-order chi connectivity index (χ1) is 8.61. The monoisotopic (exact) mass is 253 g/mol. The average Bonchev–Trinajstić information content (AvgIpc) is 2.31. The van der Waals surface area contributed by atoms with Gasteiger partial charge in [0.15, 0.2) is 11.6 Å².